The van der Waals surface area contributed by atoms with Crippen molar-refractivity contribution in [3.63, 3.8) is 0 Å². The molecule has 2 aliphatic heterocycles. The first-order valence-electron chi connectivity index (χ1n) is 11.6. The molecule has 11 heteroatoms. The Labute approximate surface area is 203 Å². The molecule has 35 heavy (non-hydrogen) atoms. The fraction of sp³-hybridized carbons (Fsp3) is 0.458. The summed E-state index contributed by atoms with van der Waals surface area (Å²) in [5.74, 6) is -0.499. The van der Waals surface area contributed by atoms with Gasteiger partial charge in [0.05, 0.1) is 10.6 Å². The summed E-state index contributed by atoms with van der Waals surface area (Å²) in [7, 11) is -3.54. The standard InChI is InChI=1S/C24H29FN4O5S/c1-35(33,34)18-5-6-20(19(25)14-18)27-21-3-2-10-28(24(21)32)17-8-11-29(23(31)13-17)22-7-4-16(9-12-30)15-26-22/h4-7,14-15,17,21,27,30H,2-3,8-13H2,1H3. The Hall–Kier alpha value is -3.05. The van der Waals surface area contributed by atoms with Crippen LogP contribution in [0.2, 0.25) is 0 Å². The number of aliphatic hydroxyl groups excluding tert-OH is 1. The summed E-state index contributed by atoms with van der Waals surface area (Å²) in [4.78, 5) is 33.6. The van der Waals surface area contributed by atoms with E-state index in [4.69, 9.17) is 5.11 Å². The van der Waals surface area contributed by atoms with Crippen LogP contribution >= 0.6 is 0 Å². The highest BCUT2D eigenvalue weighted by molar-refractivity contribution is 7.90. The third-order valence-electron chi connectivity index (χ3n) is 6.50. The van der Waals surface area contributed by atoms with Gasteiger partial charge in [-0.25, -0.2) is 17.8 Å². The number of hydrogen-bond acceptors (Lipinski definition) is 7. The van der Waals surface area contributed by atoms with E-state index in [1.165, 1.54) is 12.1 Å². The molecule has 0 radical (unpaired) electrons. The maximum absolute atomic E-state index is 14.5. The lowest BCUT2D eigenvalue weighted by atomic mass is 9.96. The minimum absolute atomic E-state index is 0.0314. The zero-order valence-corrected chi connectivity index (χ0v) is 20.3. The van der Waals surface area contributed by atoms with Crippen LogP contribution in [0.1, 0.15) is 31.2 Å². The quantitative estimate of drug-likeness (QED) is 0.590. The molecule has 2 fully saturated rings. The normalized spacial score (nSPS) is 21.3. The van der Waals surface area contributed by atoms with Crippen LogP contribution in [0.4, 0.5) is 15.9 Å². The topological polar surface area (TPSA) is 120 Å². The number of hydrogen-bond donors (Lipinski definition) is 2. The van der Waals surface area contributed by atoms with Gasteiger partial charge in [0.25, 0.3) is 0 Å². The maximum atomic E-state index is 14.5. The molecule has 2 aromatic rings. The highest BCUT2D eigenvalue weighted by Crippen LogP contribution is 2.28. The van der Waals surface area contributed by atoms with Gasteiger partial charge in [0.15, 0.2) is 9.84 Å². The van der Waals surface area contributed by atoms with Crippen LogP contribution in [-0.4, -0.2) is 73.3 Å². The summed E-state index contributed by atoms with van der Waals surface area (Å²) < 4.78 is 37.8. The summed E-state index contributed by atoms with van der Waals surface area (Å²) in [6, 6.07) is 6.28. The van der Waals surface area contributed by atoms with Gasteiger partial charge >= 0.3 is 0 Å². The van der Waals surface area contributed by atoms with E-state index in [1.54, 1.807) is 22.1 Å². The number of sulfone groups is 1. The van der Waals surface area contributed by atoms with Gasteiger partial charge in [-0.05, 0) is 55.5 Å². The number of carbonyl (C=O) groups is 2. The first-order chi connectivity index (χ1) is 16.7. The van der Waals surface area contributed by atoms with E-state index in [1.807, 2.05) is 6.07 Å². The third-order valence-corrected chi connectivity index (χ3v) is 7.61. The molecule has 0 saturated carbocycles. The molecule has 188 valence electrons. The van der Waals surface area contributed by atoms with E-state index in [0.29, 0.717) is 44.6 Å². The molecular weight excluding hydrogens is 475 g/mol. The minimum atomic E-state index is -3.54. The van der Waals surface area contributed by atoms with Gasteiger partial charge in [-0.1, -0.05) is 6.07 Å². The second-order valence-electron chi connectivity index (χ2n) is 8.97. The monoisotopic (exact) mass is 504 g/mol. The van der Waals surface area contributed by atoms with Crippen LogP contribution in [0, 0.1) is 5.82 Å². The van der Waals surface area contributed by atoms with E-state index >= 15 is 0 Å². The second-order valence-corrected chi connectivity index (χ2v) is 11.0. The van der Waals surface area contributed by atoms with Gasteiger partial charge in [-0.3, -0.25) is 14.5 Å². The van der Waals surface area contributed by atoms with E-state index < -0.39 is 21.7 Å². The van der Waals surface area contributed by atoms with Crippen molar-refractivity contribution in [3.8, 4) is 0 Å². The Kier molecular flexibility index (Phi) is 7.36. The smallest absolute Gasteiger partial charge is 0.245 e. The lowest BCUT2D eigenvalue weighted by molar-refractivity contribution is -0.138. The Morgan fingerprint density at radius 3 is 2.60 bits per heavy atom. The zero-order valence-electron chi connectivity index (χ0n) is 19.5. The number of rotatable bonds is 7. The summed E-state index contributed by atoms with van der Waals surface area (Å²) in [5.41, 5.74) is 0.956. The molecule has 2 amide bonds. The van der Waals surface area contributed by atoms with Crippen LogP contribution < -0.4 is 10.2 Å². The average molecular weight is 505 g/mol. The van der Waals surface area contributed by atoms with Crippen molar-refractivity contribution < 1.29 is 27.5 Å². The molecule has 1 aromatic heterocycles. The molecule has 0 aliphatic carbocycles. The van der Waals surface area contributed by atoms with Crippen LogP contribution in [0.25, 0.3) is 0 Å². The Morgan fingerprint density at radius 2 is 1.97 bits per heavy atom. The number of pyridine rings is 1. The third kappa shape index (κ3) is 5.62. The van der Waals surface area contributed by atoms with Crippen molar-refractivity contribution in [2.75, 3.05) is 36.2 Å². The first-order valence-corrected chi connectivity index (χ1v) is 13.5. The number of benzene rings is 1. The lowest BCUT2D eigenvalue weighted by Gasteiger charge is -2.41. The van der Waals surface area contributed by atoms with Gasteiger partial charge in [-0.15, -0.1) is 0 Å². The predicted molar refractivity (Wildman–Crippen MR) is 128 cm³/mol. The maximum Gasteiger partial charge on any atom is 0.245 e. The summed E-state index contributed by atoms with van der Waals surface area (Å²) >= 11 is 0. The molecule has 0 spiro atoms. The van der Waals surface area contributed by atoms with E-state index in [2.05, 4.69) is 10.3 Å². The number of aliphatic hydroxyl groups is 1. The molecule has 2 N–H and O–H groups in total. The van der Waals surface area contributed by atoms with Crippen LogP contribution in [0.15, 0.2) is 41.4 Å². The summed E-state index contributed by atoms with van der Waals surface area (Å²) in [6.07, 6.45) is 5.15. The molecule has 0 bridgehead atoms. The average Bonchev–Trinajstić information content (AvgIpc) is 2.82. The number of nitrogens with one attached hydrogen (secondary N) is 1. The number of carbonyl (C=O) groups excluding carboxylic acids is 2. The number of piperidine rings is 2. The number of halogens is 1. The number of nitrogens with zero attached hydrogens (tertiary/aromatic N) is 3. The highest BCUT2D eigenvalue weighted by atomic mass is 32.2. The van der Waals surface area contributed by atoms with Gasteiger partial charge < -0.3 is 15.3 Å². The molecule has 1 aromatic carbocycles. The number of anilines is 2. The predicted octanol–water partition coefficient (Wildman–Crippen LogP) is 1.76. The fourth-order valence-corrected chi connectivity index (χ4v) is 5.24. The van der Waals surface area contributed by atoms with E-state index in [0.717, 1.165) is 17.9 Å². The molecule has 2 unspecified atom stereocenters. The Bertz CT molecular complexity index is 1200. The molecule has 2 aliphatic rings. The molecule has 4 rings (SSSR count). The zero-order chi connectivity index (χ0) is 25.2. The summed E-state index contributed by atoms with van der Waals surface area (Å²) in [5, 5.41) is 12.0. The van der Waals surface area contributed by atoms with Gasteiger partial charge in [0.2, 0.25) is 11.8 Å². The van der Waals surface area contributed by atoms with E-state index in [9.17, 15) is 22.4 Å². The van der Waals surface area contributed by atoms with Crippen molar-refractivity contribution >= 4 is 33.2 Å². The van der Waals surface area contributed by atoms with Crippen molar-refractivity contribution in [3.05, 3.63) is 47.9 Å². The van der Waals surface area contributed by atoms with Crippen molar-refractivity contribution in [2.45, 2.75) is 49.1 Å². The molecular formula is C24H29FN4O5S. The SMILES string of the molecule is CS(=O)(=O)c1ccc(NC2CCCN(C3CCN(c4ccc(CCO)cn4)C(=O)C3)C2=O)c(F)c1. The van der Waals surface area contributed by atoms with Gasteiger partial charge in [-0.2, -0.15) is 0 Å². The number of aromatic nitrogens is 1. The minimum Gasteiger partial charge on any atom is -0.396 e. The number of likely N-dealkylation sites (tertiary alicyclic amines) is 1. The first kappa shape index (κ1) is 25.1. The lowest BCUT2D eigenvalue weighted by Crippen LogP contribution is -2.56. The van der Waals surface area contributed by atoms with Crippen LogP contribution in [0.3, 0.4) is 0 Å². The second kappa shape index (κ2) is 10.3. The van der Waals surface area contributed by atoms with Gasteiger partial charge in [0.1, 0.15) is 17.7 Å². The van der Waals surface area contributed by atoms with Crippen LogP contribution in [-0.2, 0) is 25.8 Å². The summed E-state index contributed by atoms with van der Waals surface area (Å²) in [6.45, 7) is 0.988. The number of amides is 2. The highest BCUT2D eigenvalue weighted by Gasteiger charge is 2.38. The largest absolute Gasteiger partial charge is 0.396 e. The molecule has 2 atom stereocenters. The van der Waals surface area contributed by atoms with Gasteiger partial charge in [0, 0.05) is 44.6 Å². The Morgan fingerprint density at radius 1 is 1.17 bits per heavy atom. The fourth-order valence-electron chi connectivity index (χ4n) is 4.61. The molecule has 2 saturated heterocycles. The van der Waals surface area contributed by atoms with E-state index in [-0.39, 0.29) is 41.5 Å². The Balaban J connectivity index is 1.40. The van der Waals surface area contributed by atoms with Crippen molar-refractivity contribution in [2.24, 2.45) is 0 Å². The van der Waals surface area contributed by atoms with Crippen LogP contribution in [0.5, 0.6) is 0 Å². The van der Waals surface area contributed by atoms with Crippen molar-refractivity contribution in [1.29, 1.82) is 0 Å². The van der Waals surface area contributed by atoms with Crippen molar-refractivity contribution in [1.82, 2.24) is 9.88 Å². The molecule has 3 heterocycles. The molecule has 9 nitrogen and oxygen atoms in total.